The maximum atomic E-state index is 16.7. The zero-order valence-corrected chi connectivity index (χ0v) is 25.9. The van der Waals surface area contributed by atoms with Gasteiger partial charge in [-0.3, -0.25) is 0 Å². The number of hydrogen-bond acceptors (Lipinski definition) is 8. The van der Waals surface area contributed by atoms with Crippen LogP contribution in [0, 0.1) is 5.82 Å². The molecule has 9 nitrogen and oxygen atoms in total. The largest absolute Gasteiger partial charge is 0.508 e. The van der Waals surface area contributed by atoms with Gasteiger partial charge in [0.1, 0.15) is 30.3 Å². The quantitative estimate of drug-likeness (QED) is 0.212. The molecular formula is C37H36FN5O4. The van der Waals surface area contributed by atoms with E-state index in [0.717, 1.165) is 55.1 Å². The predicted molar refractivity (Wildman–Crippen MR) is 178 cm³/mol. The van der Waals surface area contributed by atoms with E-state index in [9.17, 15) is 9.90 Å². The van der Waals surface area contributed by atoms with Crippen LogP contribution in [0.2, 0.25) is 0 Å². The molecule has 2 unspecified atom stereocenters. The zero-order valence-electron chi connectivity index (χ0n) is 25.9. The molecule has 2 N–H and O–H groups in total. The second-order valence-corrected chi connectivity index (χ2v) is 12.8. The van der Waals surface area contributed by atoms with E-state index in [1.807, 2.05) is 60.7 Å². The van der Waals surface area contributed by atoms with Gasteiger partial charge in [0.25, 0.3) is 0 Å². The Balaban J connectivity index is 1.12. The summed E-state index contributed by atoms with van der Waals surface area (Å²) in [6.07, 6.45) is 3.39. The molecule has 3 atom stereocenters. The minimum Gasteiger partial charge on any atom is -0.508 e. The third-order valence-electron chi connectivity index (χ3n) is 9.64. The Morgan fingerprint density at radius 2 is 1.70 bits per heavy atom. The number of ether oxygens (including phenoxy) is 2. The summed E-state index contributed by atoms with van der Waals surface area (Å²) < 4.78 is 28.5. The molecule has 1 amide bonds. The van der Waals surface area contributed by atoms with E-state index in [1.165, 1.54) is 0 Å². The van der Waals surface area contributed by atoms with Gasteiger partial charge in [0, 0.05) is 42.7 Å². The van der Waals surface area contributed by atoms with Crippen LogP contribution < -0.4 is 15.0 Å². The molecular weight excluding hydrogens is 597 g/mol. The average Bonchev–Trinajstić information content (AvgIpc) is 3.71. The molecule has 10 heteroatoms. The molecule has 0 spiro atoms. The molecule has 47 heavy (non-hydrogen) atoms. The zero-order chi connectivity index (χ0) is 31.9. The molecule has 4 heterocycles. The van der Waals surface area contributed by atoms with Gasteiger partial charge >= 0.3 is 12.1 Å². The van der Waals surface area contributed by atoms with Gasteiger partial charge in [0.05, 0.1) is 6.04 Å². The molecule has 4 aromatic carbocycles. The number of piperazine rings is 1. The van der Waals surface area contributed by atoms with Crippen molar-refractivity contribution in [3.8, 4) is 22.9 Å². The van der Waals surface area contributed by atoms with E-state index in [4.69, 9.17) is 14.5 Å². The van der Waals surface area contributed by atoms with Crippen molar-refractivity contribution in [1.82, 2.24) is 20.2 Å². The van der Waals surface area contributed by atoms with E-state index in [-0.39, 0.29) is 42.6 Å². The van der Waals surface area contributed by atoms with E-state index in [1.54, 1.807) is 23.1 Å². The van der Waals surface area contributed by atoms with Crippen LogP contribution in [0.3, 0.4) is 0 Å². The molecule has 0 aliphatic carbocycles. The maximum Gasteiger partial charge on any atom is 0.410 e. The van der Waals surface area contributed by atoms with Crippen LogP contribution >= 0.6 is 0 Å². The number of nitrogens with zero attached hydrogens (tertiary/aromatic N) is 4. The topological polar surface area (TPSA) is 100 Å². The molecule has 2 bridgehead atoms. The molecule has 0 saturated carbocycles. The highest BCUT2D eigenvalue weighted by Crippen LogP contribution is 2.39. The van der Waals surface area contributed by atoms with Gasteiger partial charge in [0.15, 0.2) is 5.82 Å². The first-order valence-electron chi connectivity index (χ1n) is 16.3. The Bertz CT molecular complexity index is 1940. The van der Waals surface area contributed by atoms with Crippen molar-refractivity contribution in [2.45, 2.75) is 50.4 Å². The summed E-state index contributed by atoms with van der Waals surface area (Å²) in [5, 5.41) is 16.4. The monoisotopic (exact) mass is 633 g/mol. The Morgan fingerprint density at radius 3 is 2.53 bits per heavy atom. The highest BCUT2D eigenvalue weighted by Gasteiger charge is 2.35. The van der Waals surface area contributed by atoms with Gasteiger partial charge in [-0.25, -0.2) is 9.18 Å². The van der Waals surface area contributed by atoms with E-state index in [0.29, 0.717) is 41.0 Å². The van der Waals surface area contributed by atoms with Crippen LogP contribution in [-0.2, 0) is 11.3 Å². The number of aromatic hydroxyl groups is 1. The van der Waals surface area contributed by atoms with Crippen molar-refractivity contribution < 1.29 is 23.8 Å². The van der Waals surface area contributed by atoms with Crippen molar-refractivity contribution >= 4 is 33.6 Å². The highest BCUT2D eigenvalue weighted by atomic mass is 19.1. The SMILES string of the molecule is O=C(OCc1ccccc1)N1CCC[C@H]1COc1nc(N2CC3CCC(C2)N3)c2ccc(-c3cc(O)cc4ccccc34)c(F)c2n1. The van der Waals surface area contributed by atoms with Crippen molar-refractivity contribution in [1.29, 1.82) is 0 Å². The standard InChI is InChI=1S/C37H36FN5O4/c38-33-30(32-18-28(44)17-24-9-4-5-11-29(24)32)14-15-31-34(33)40-36(41-35(31)42-19-25-12-13-26(20-42)39-25)46-22-27-10-6-16-43(27)37(45)47-21-23-7-2-1-3-8-23/h1-5,7-9,11,14-15,17-18,25-27,39,44H,6,10,12-13,16,19-22H2/t25?,26?,27-/m0/s1. The lowest BCUT2D eigenvalue weighted by Gasteiger charge is -2.34. The fourth-order valence-electron chi connectivity index (χ4n) is 7.35. The number of amides is 1. The number of aromatic nitrogens is 2. The summed E-state index contributed by atoms with van der Waals surface area (Å²) in [4.78, 5) is 26.4. The van der Waals surface area contributed by atoms with Crippen LogP contribution in [0.5, 0.6) is 11.8 Å². The lowest BCUT2D eigenvalue weighted by molar-refractivity contribution is 0.0813. The maximum absolute atomic E-state index is 16.7. The number of hydrogen-bond donors (Lipinski definition) is 2. The van der Waals surface area contributed by atoms with Crippen LogP contribution in [0.25, 0.3) is 32.8 Å². The number of benzene rings is 4. The fourth-order valence-corrected chi connectivity index (χ4v) is 7.35. The number of carbonyl (C=O) groups excluding carboxylic acids is 1. The van der Waals surface area contributed by atoms with Gasteiger partial charge in [-0.1, -0.05) is 60.7 Å². The number of anilines is 1. The summed E-state index contributed by atoms with van der Waals surface area (Å²) >= 11 is 0. The van der Waals surface area contributed by atoms with E-state index in [2.05, 4.69) is 15.2 Å². The number of likely N-dealkylation sites (tertiary alicyclic amines) is 1. The van der Waals surface area contributed by atoms with E-state index >= 15 is 4.39 Å². The molecule has 3 aliphatic rings. The highest BCUT2D eigenvalue weighted by molar-refractivity contribution is 6.01. The average molecular weight is 634 g/mol. The van der Waals surface area contributed by atoms with E-state index < -0.39 is 5.82 Å². The third kappa shape index (κ3) is 5.78. The van der Waals surface area contributed by atoms with Crippen LogP contribution in [-0.4, -0.2) is 70.4 Å². The van der Waals surface area contributed by atoms with Gasteiger partial charge in [-0.15, -0.1) is 0 Å². The van der Waals surface area contributed by atoms with Gasteiger partial charge < -0.3 is 29.7 Å². The first-order chi connectivity index (χ1) is 23.0. The Hall–Kier alpha value is -4.96. The number of phenols is 1. The molecule has 5 aromatic rings. The van der Waals surface area contributed by atoms with Crippen molar-refractivity contribution in [3.63, 3.8) is 0 Å². The van der Waals surface area contributed by atoms with Crippen LogP contribution in [0.4, 0.5) is 15.0 Å². The Labute approximate surface area is 271 Å². The van der Waals surface area contributed by atoms with Crippen LogP contribution in [0.1, 0.15) is 31.2 Å². The molecule has 240 valence electrons. The molecule has 8 rings (SSSR count). The number of nitrogens with one attached hydrogen (secondary N) is 1. The molecule has 1 aromatic heterocycles. The number of rotatable bonds is 7. The third-order valence-corrected chi connectivity index (χ3v) is 9.64. The summed E-state index contributed by atoms with van der Waals surface area (Å²) in [5.41, 5.74) is 2.00. The van der Waals surface area contributed by atoms with Gasteiger partial charge in [0.2, 0.25) is 0 Å². The summed E-state index contributed by atoms with van der Waals surface area (Å²) in [5.74, 6) is 0.197. The minimum absolute atomic E-state index is 0.0605. The first kappa shape index (κ1) is 29.4. The lowest BCUT2D eigenvalue weighted by Crippen LogP contribution is -2.51. The van der Waals surface area contributed by atoms with Gasteiger partial charge in [-0.2, -0.15) is 9.97 Å². The fraction of sp³-hybridized carbons (Fsp3) is 0.324. The summed E-state index contributed by atoms with van der Waals surface area (Å²) in [6, 6.07) is 24.6. The normalized spacial score (nSPS) is 20.7. The van der Waals surface area contributed by atoms with Crippen LogP contribution in [0.15, 0.2) is 78.9 Å². The smallest absolute Gasteiger partial charge is 0.410 e. The summed E-state index contributed by atoms with van der Waals surface area (Å²) in [6.45, 7) is 2.45. The van der Waals surface area contributed by atoms with Crippen molar-refractivity contribution in [2.75, 3.05) is 31.1 Å². The summed E-state index contributed by atoms with van der Waals surface area (Å²) in [7, 11) is 0. The predicted octanol–water partition coefficient (Wildman–Crippen LogP) is 6.42. The second-order valence-electron chi connectivity index (χ2n) is 12.8. The number of fused-ring (bicyclic) bond motifs is 4. The minimum atomic E-state index is -0.503. The molecule has 0 radical (unpaired) electrons. The first-order valence-corrected chi connectivity index (χ1v) is 16.3. The molecule has 3 aliphatic heterocycles. The lowest BCUT2D eigenvalue weighted by atomic mass is 9.96. The van der Waals surface area contributed by atoms with Crippen molar-refractivity contribution in [2.24, 2.45) is 0 Å². The number of halogens is 1. The molecule has 3 saturated heterocycles. The Kier molecular flexibility index (Phi) is 7.73. The Morgan fingerprint density at radius 1 is 0.915 bits per heavy atom. The van der Waals surface area contributed by atoms with Gasteiger partial charge in [-0.05, 0) is 65.8 Å². The number of carbonyl (C=O) groups is 1. The van der Waals surface area contributed by atoms with Crippen molar-refractivity contribution in [3.05, 3.63) is 90.2 Å². The second kappa shape index (κ2) is 12.3. The molecule has 3 fully saturated rings. The number of phenolic OH excluding ortho intramolecular Hbond substituents is 1.